The average Bonchev–Trinajstić information content (AvgIpc) is 3.09. The van der Waals surface area contributed by atoms with Gasteiger partial charge in [-0.05, 0) is 37.8 Å². The second-order valence-corrected chi connectivity index (χ2v) is 4.73. The summed E-state index contributed by atoms with van der Waals surface area (Å²) in [4.78, 5) is 4.35. The first-order chi connectivity index (χ1) is 7.75. The molecule has 0 saturated heterocycles. The first-order valence-electron chi connectivity index (χ1n) is 6.07. The number of rotatable bonds is 6. The van der Waals surface area contributed by atoms with Crippen LogP contribution in [-0.4, -0.2) is 28.8 Å². The molecule has 1 aromatic heterocycles. The van der Waals surface area contributed by atoms with Gasteiger partial charge < -0.3 is 10.4 Å². The molecule has 0 spiro atoms. The number of hydrogen-bond acceptors (Lipinski definition) is 3. The lowest BCUT2D eigenvalue weighted by Crippen LogP contribution is -2.37. The number of aliphatic hydroxyl groups is 1. The van der Waals surface area contributed by atoms with E-state index in [1.807, 2.05) is 25.3 Å². The van der Waals surface area contributed by atoms with Crippen LogP contribution in [0.3, 0.4) is 0 Å². The zero-order valence-electron chi connectivity index (χ0n) is 9.76. The molecule has 3 heteroatoms. The van der Waals surface area contributed by atoms with Crippen molar-refractivity contribution in [2.75, 3.05) is 6.54 Å². The van der Waals surface area contributed by atoms with E-state index in [-0.39, 0.29) is 6.10 Å². The van der Waals surface area contributed by atoms with E-state index < -0.39 is 0 Å². The number of aromatic nitrogens is 1. The summed E-state index contributed by atoms with van der Waals surface area (Å²) in [6.07, 6.45) is 5.16. The molecule has 1 aliphatic rings. The van der Waals surface area contributed by atoms with Gasteiger partial charge >= 0.3 is 0 Å². The number of pyridine rings is 1. The van der Waals surface area contributed by atoms with Gasteiger partial charge in [-0.25, -0.2) is 0 Å². The van der Waals surface area contributed by atoms with Crippen LogP contribution >= 0.6 is 0 Å². The third-order valence-electron chi connectivity index (χ3n) is 3.02. The molecule has 2 atom stereocenters. The van der Waals surface area contributed by atoms with Crippen molar-refractivity contribution in [2.45, 2.75) is 38.3 Å². The number of nitrogens with zero attached hydrogens (tertiary/aromatic N) is 1. The van der Waals surface area contributed by atoms with Gasteiger partial charge in [-0.2, -0.15) is 0 Å². The highest BCUT2D eigenvalue weighted by Gasteiger charge is 2.31. The highest BCUT2D eigenvalue weighted by atomic mass is 16.3. The van der Waals surface area contributed by atoms with E-state index >= 15 is 0 Å². The Hall–Kier alpha value is -0.930. The van der Waals surface area contributed by atoms with Crippen molar-refractivity contribution in [1.82, 2.24) is 10.3 Å². The van der Waals surface area contributed by atoms with Crippen LogP contribution < -0.4 is 5.32 Å². The molecule has 1 unspecified atom stereocenters. The van der Waals surface area contributed by atoms with E-state index in [0.29, 0.717) is 12.6 Å². The van der Waals surface area contributed by atoms with E-state index in [0.717, 1.165) is 18.0 Å². The zero-order chi connectivity index (χ0) is 11.4. The fraction of sp³-hybridized carbons (Fsp3) is 0.615. The van der Waals surface area contributed by atoms with Gasteiger partial charge in [0.2, 0.25) is 0 Å². The Balaban J connectivity index is 1.87. The van der Waals surface area contributed by atoms with Gasteiger partial charge in [-0.3, -0.25) is 4.98 Å². The first-order valence-corrected chi connectivity index (χ1v) is 6.07. The molecule has 0 aromatic carbocycles. The van der Waals surface area contributed by atoms with Gasteiger partial charge in [0.1, 0.15) is 0 Å². The van der Waals surface area contributed by atoms with Crippen LogP contribution in [0.1, 0.15) is 25.5 Å². The third-order valence-corrected chi connectivity index (χ3v) is 3.02. The van der Waals surface area contributed by atoms with Crippen LogP contribution in [0.15, 0.2) is 24.4 Å². The highest BCUT2D eigenvalue weighted by Crippen LogP contribution is 2.33. The maximum absolute atomic E-state index is 9.29. The molecule has 2 N–H and O–H groups in total. The van der Waals surface area contributed by atoms with Crippen LogP contribution in [0.4, 0.5) is 0 Å². The van der Waals surface area contributed by atoms with Gasteiger partial charge in [0, 0.05) is 30.9 Å². The molecule has 1 aromatic rings. The van der Waals surface area contributed by atoms with Gasteiger partial charge in [-0.15, -0.1) is 0 Å². The summed E-state index contributed by atoms with van der Waals surface area (Å²) in [7, 11) is 0. The van der Waals surface area contributed by atoms with Crippen molar-refractivity contribution in [2.24, 2.45) is 5.92 Å². The van der Waals surface area contributed by atoms with Crippen LogP contribution in [0.5, 0.6) is 0 Å². The number of hydrogen-bond donors (Lipinski definition) is 2. The van der Waals surface area contributed by atoms with Crippen LogP contribution in [-0.2, 0) is 6.42 Å². The zero-order valence-corrected chi connectivity index (χ0v) is 9.76. The summed E-state index contributed by atoms with van der Waals surface area (Å²) in [5, 5.41) is 12.7. The lowest BCUT2D eigenvalue weighted by molar-refractivity contribution is 0.184. The van der Waals surface area contributed by atoms with Crippen molar-refractivity contribution < 1.29 is 5.11 Å². The quantitative estimate of drug-likeness (QED) is 0.761. The summed E-state index contributed by atoms with van der Waals surface area (Å²) in [5.74, 6) is 0.778. The molecule has 0 bridgehead atoms. The maximum Gasteiger partial charge on any atom is 0.0636 e. The molecule has 16 heavy (non-hydrogen) atoms. The Morgan fingerprint density at radius 2 is 2.31 bits per heavy atom. The second-order valence-electron chi connectivity index (χ2n) is 4.73. The van der Waals surface area contributed by atoms with Gasteiger partial charge in [0.15, 0.2) is 0 Å². The molecule has 0 aliphatic heterocycles. The van der Waals surface area contributed by atoms with Crippen molar-refractivity contribution >= 4 is 0 Å². The van der Waals surface area contributed by atoms with Crippen molar-refractivity contribution in [3.63, 3.8) is 0 Å². The Labute approximate surface area is 96.9 Å². The van der Waals surface area contributed by atoms with Crippen LogP contribution in [0, 0.1) is 5.92 Å². The normalized spacial score (nSPS) is 19.4. The Morgan fingerprint density at radius 1 is 1.50 bits per heavy atom. The van der Waals surface area contributed by atoms with Crippen molar-refractivity contribution in [1.29, 1.82) is 0 Å². The van der Waals surface area contributed by atoms with E-state index in [4.69, 9.17) is 0 Å². The molecule has 88 valence electrons. The average molecular weight is 220 g/mol. The lowest BCUT2D eigenvalue weighted by atomic mass is 10.1. The fourth-order valence-electron chi connectivity index (χ4n) is 1.97. The first kappa shape index (κ1) is 11.6. The molecule has 0 amide bonds. The van der Waals surface area contributed by atoms with Crippen LogP contribution in [0.25, 0.3) is 0 Å². The standard InChI is InChI=1S/C13H20N2O/c1-10(16)9-15-13(11-5-6-11)8-12-4-2-3-7-14-12/h2-4,7,10-11,13,15-16H,5-6,8-9H2,1H3/t10-,13?/m0/s1. The summed E-state index contributed by atoms with van der Waals surface area (Å²) in [5.41, 5.74) is 1.14. The monoisotopic (exact) mass is 220 g/mol. The minimum Gasteiger partial charge on any atom is -0.392 e. The smallest absolute Gasteiger partial charge is 0.0636 e. The summed E-state index contributed by atoms with van der Waals surface area (Å²) < 4.78 is 0. The Kier molecular flexibility index (Phi) is 3.91. The highest BCUT2D eigenvalue weighted by molar-refractivity contribution is 5.07. The van der Waals surface area contributed by atoms with E-state index in [2.05, 4.69) is 16.4 Å². The maximum atomic E-state index is 9.29. The summed E-state index contributed by atoms with van der Waals surface area (Å²) in [6.45, 7) is 2.49. The lowest BCUT2D eigenvalue weighted by Gasteiger charge is -2.18. The van der Waals surface area contributed by atoms with Gasteiger partial charge in [0.25, 0.3) is 0 Å². The predicted molar refractivity (Wildman–Crippen MR) is 64.1 cm³/mol. The van der Waals surface area contributed by atoms with E-state index in [1.54, 1.807) is 0 Å². The van der Waals surface area contributed by atoms with E-state index in [1.165, 1.54) is 12.8 Å². The van der Waals surface area contributed by atoms with Crippen molar-refractivity contribution in [3.8, 4) is 0 Å². The largest absolute Gasteiger partial charge is 0.392 e. The minimum atomic E-state index is -0.273. The topological polar surface area (TPSA) is 45.1 Å². The Morgan fingerprint density at radius 3 is 2.88 bits per heavy atom. The Bertz CT molecular complexity index is 309. The number of aliphatic hydroxyl groups excluding tert-OH is 1. The predicted octanol–water partition coefficient (Wildman–Crippen LogP) is 1.37. The van der Waals surface area contributed by atoms with E-state index in [9.17, 15) is 5.11 Å². The summed E-state index contributed by atoms with van der Waals surface area (Å²) in [6, 6.07) is 6.52. The molecular formula is C13H20N2O. The molecule has 1 heterocycles. The molecule has 1 saturated carbocycles. The van der Waals surface area contributed by atoms with Gasteiger partial charge in [0.05, 0.1) is 6.10 Å². The second kappa shape index (κ2) is 5.41. The molecule has 3 nitrogen and oxygen atoms in total. The minimum absolute atomic E-state index is 0.273. The molecule has 1 aliphatic carbocycles. The molecular weight excluding hydrogens is 200 g/mol. The molecule has 1 fully saturated rings. The van der Waals surface area contributed by atoms with Crippen molar-refractivity contribution in [3.05, 3.63) is 30.1 Å². The molecule has 2 rings (SSSR count). The van der Waals surface area contributed by atoms with Crippen LogP contribution in [0.2, 0.25) is 0 Å². The molecule has 0 radical (unpaired) electrons. The number of nitrogens with one attached hydrogen (secondary N) is 1. The SMILES string of the molecule is C[C@H](O)CNC(Cc1ccccn1)C1CC1. The van der Waals surface area contributed by atoms with Gasteiger partial charge in [-0.1, -0.05) is 6.07 Å². The third kappa shape index (κ3) is 3.58. The fourth-order valence-corrected chi connectivity index (χ4v) is 1.97. The summed E-state index contributed by atoms with van der Waals surface area (Å²) >= 11 is 0.